The standard InChI is InChI=1S/C36H78N3O4P/c1-28(31(4,5)6)37(34(13,14)15)22-25-41-44(40,42-26-23-38(35(16,17)18)29(2)32(7,8)9)43-27-24-39(36(19,20)21)30(3)33(10,11)12/h28-30H,22-27H2,1-21H3. The molecule has 0 fully saturated rings. The first-order valence-corrected chi connectivity index (χ1v) is 18.5. The van der Waals surface area contributed by atoms with Gasteiger partial charge in [0.25, 0.3) is 0 Å². The maximum absolute atomic E-state index is 14.3. The van der Waals surface area contributed by atoms with E-state index in [1.165, 1.54) is 0 Å². The molecule has 0 heterocycles. The molecule has 0 aromatic heterocycles. The van der Waals surface area contributed by atoms with Crippen LogP contribution in [0.2, 0.25) is 0 Å². The van der Waals surface area contributed by atoms with Crippen molar-refractivity contribution >= 4 is 7.82 Å². The minimum Gasteiger partial charge on any atom is -0.293 e. The van der Waals surface area contributed by atoms with Gasteiger partial charge < -0.3 is 0 Å². The molecule has 7 nitrogen and oxygen atoms in total. The summed E-state index contributed by atoms with van der Waals surface area (Å²) in [6.07, 6.45) is 0. The lowest BCUT2D eigenvalue weighted by molar-refractivity contribution is -0.00295. The van der Waals surface area contributed by atoms with Crippen molar-refractivity contribution in [3.63, 3.8) is 0 Å². The number of hydrogen-bond acceptors (Lipinski definition) is 7. The molecule has 0 aromatic carbocycles. The van der Waals surface area contributed by atoms with E-state index in [9.17, 15) is 4.57 Å². The van der Waals surface area contributed by atoms with Crippen LogP contribution >= 0.6 is 7.82 Å². The van der Waals surface area contributed by atoms with Gasteiger partial charge >= 0.3 is 7.82 Å². The lowest BCUT2D eigenvalue weighted by Crippen LogP contribution is -2.53. The van der Waals surface area contributed by atoms with Crippen molar-refractivity contribution in [2.24, 2.45) is 16.2 Å². The summed E-state index contributed by atoms with van der Waals surface area (Å²) in [7, 11) is -3.84. The van der Waals surface area contributed by atoms with Crippen LogP contribution in [0.4, 0.5) is 0 Å². The summed E-state index contributed by atoms with van der Waals surface area (Å²) in [5.41, 5.74) is 0.0377. The molecule has 0 spiro atoms. The molecule has 0 radical (unpaired) electrons. The Morgan fingerprint density at radius 1 is 0.432 bits per heavy atom. The second kappa shape index (κ2) is 15.9. The van der Waals surface area contributed by atoms with Gasteiger partial charge in [0, 0.05) is 54.4 Å². The smallest absolute Gasteiger partial charge is 0.293 e. The number of phosphoric ester groups is 1. The highest BCUT2D eigenvalue weighted by Crippen LogP contribution is 2.50. The topological polar surface area (TPSA) is 54.5 Å². The summed E-state index contributed by atoms with van der Waals surface area (Å²) >= 11 is 0. The predicted molar refractivity (Wildman–Crippen MR) is 192 cm³/mol. The van der Waals surface area contributed by atoms with Gasteiger partial charge in [0.2, 0.25) is 0 Å². The maximum atomic E-state index is 14.3. The van der Waals surface area contributed by atoms with Crippen LogP contribution in [-0.4, -0.2) is 88.9 Å². The number of nitrogens with zero attached hydrogens (tertiary/aromatic N) is 3. The molecule has 0 aliphatic rings. The summed E-state index contributed by atoms with van der Waals surface area (Å²) in [4.78, 5) is 7.28. The summed E-state index contributed by atoms with van der Waals surface area (Å²) in [6, 6.07) is 0.891. The molecule has 0 rings (SSSR count). The van der Waals surface area contributed by atoms with E-state index >= 15 is 0 Å². The Kier molecular flexibility index (Phi) is 15.9. The first kappa shape index (κ1) is 44.0. The highest BCUT2D eigenvalue weighted by molar-refractivity contribution is 7.48. The van der Waals surface area contributed by atoms with Crippen LogP contribution < -0.4 is 0 Å². The van der Waals surface area contributed by atoms with E-state index in [0.717, 1.165) is 0 Å². The van der Waals surface area contributed by atoms with Gasteiger partial charge in [-0.15, -0.1) is 0 Å². The van der Waals surface area contributed by atoms with Crippen molar-refractivity contribution in [2.75, 3.05) is 39.5 Å². The Balaban J connectivity index is 6.03. The van der Waals surface area contributed by atoms with Crippen molar-refractivity contribution in [2.45, 2.75) is 180 Å². The fraction of sp³-hybridized carbons (Fsp3) is 1.00. The van der Waals surface area contributed by atoms with Crippen molar-refractivity contribution in [1.82, 2.24) is 14.7 Å². The molecular weight excluding hydrogens is 569 g/mol. The van der Waals surface area contributed by atoms with Crippen molar-refractivity contribution in [3.8, 4) is 0 Å². The van der Waals surface area contributed by atoms with E-state index in [1.807, 2.05) is 0 Å². The molecule has 266 valence electrons. The maximum Gasteiger partial charge on any atom is 0.474 e. The zero-order valence-electron chi connectivity index (χ0n) is 33.4. The largest absolute Gasteiger partial charge is 0.474 e. The Morgan fingerprint density at radius 2 is 0.614 bits per heavy atom. The molecule has 44 heavy (non-hydrogen) atoms. The molecule has 0 aliphatic carbocycles. The molecule has 0 saturated carbocycles. The first-order chi connectivity index (χ1) is 19.2. The Hall–Kier alpha value is -0.0100. The zero-order valence-corrected chi connectivity index (χ0v) is 34.3. The van der Waals surface area contributed by atoms with Crippen LogP contribution in [0.15, 0.2) is 0 Å². The Labute approximate surface area is 276 Å². The van der Waals surface area contributed by atoms with E-state index in [0.29, 0.717) is 37.8 Å². The van der Waals surface area contributed by atoms with Gasteiger partial charge in [0.05, 0.1) is 19.8 Å². The van der Waals surface area contributed by atoms with Gasteiger partial charge in [0.1, 0.15) is 0 Å². The average Bonchev–Trinajstić information content (AvgIpc) is 2.77. The molecule has 0 saturated heterocycles. The molecule has 8 heteroatoms. The molecular formula is C36H78N3O4P. The minimum atomic E-state index is -3.84. The highest BCUT2D eigenvalue weighted by Gasteiger charge is 2.38. The lowest BCUT2D eigenvalue weighted by atomic mass is 9.84. The van der Waals surface area contributed by atoms with Crippen LogP contribution in [0.3, 0.4) is 0 Å². The van der Waals surface area contributed by atoms with Gasteiger partial charge in [-0.05, 0) is 99.3 Å². The summed E-state index contributed by atoms with van der Waals surface area (Å²) in [5, 5.41) is 0. The quantitative estimate of drug-likeness (QED) is 0.164. The molecule has 0 amide bonds. The van der Waals surface area contributed by atoms with Crippen molar-refractivity contribution < 1.29 is 18.1 Å². The van der Waals surface area contributed by atoms with E-state index in [-0.39, 0.29) is 52.7 Å². The highest BCUT2D eigenvalue weighted by atomic mass is 31.2. The molecule has 3 atom stereocenters. The van der Waals surface area contributed by atoms with E-state index in [4.69, 9.17) is 13.6 Å². The van der Waals surface area contributed by atoms with Gasteiger partial charge in [-0.2, -0.15) is 0 Å². The fourth-order valence-corrected chi connectivity index (χ4v) is 6.74. The van der Waals surface area contributed by atoms with Gasteiger partial charge in [-0.25, -0.2) is 4.57 Å². The van der Waals surface area contributed by atoms with Crippen LogP contribution in [0.1, 0.15) is 145 Å². The number of hydrogen-bond donors (Lipinski definition) is 0. The lowest BCUT2D eigenvalue weighted by Gasteiger charge is -2.46. The molecule has 3 unspecified atom stereocenters. The van der Waals surface area contributed by atoms with Crippen molar-refractivity contribution in [3.05, 3.63) is 0 Å². The van der Waals surface area contributed by atoms with Crippen LogP contribution in [0.25, 0.3) is 0 Å². The molecule has 0 aromatic rings. The monoisotopic (exact) mass is 648 g/mol. The summed E-state index contributed by atoms with van der Waals surface area (Å²) < 4.78 is 32.7. The third-order valence-electron chi connectivity index (χ3n) is 9.49. The Bertz CT molecular complexity index is 768. The third-order valence-corrected chi connectivity index (χ3v) is 11.0. The van der Waals surface area contributed by atoms with Gasteiger partial charge in [-0.1, -0.05) is 62.3 Å². The van der Waals surface area contributed by atoms with E-state index in [1.54, 1.807) is 0 Å². The predicted octanol–water partition coefficient (Wildman–Crippen LogP) is 9.75. The summed E-state index contributed by atoms with van der Waals surface area (Å²) in [6.45, 7) is 49.7. The SMILES string of the molecule is CC(N(CCOP(=O)(OCCN(C(C)C(C)(C)C)C(C)(C)C)OCCN(C(C)C(C)(C)C)C(C)(C)C)C(C)(C)C)C(C)(C)C. The van der Waals surface area contributed by atoms with Crippen LogP contribution in [0.5, 0.6) is 0 Å². The zero-order chi connectivity index (χ0) is 35.3. The van der Waals surface area contributed by atoms with E-state index < -0.39 is 7.82 Å². The van der Waals surface area contributed by atoms with Gasteiger partial charge in [0.15, 0.2) is 0 Å². The van der Waals surface area contributed by atoms with E-state index in [2.05, 4.69) is 160 Å². The fourth-order valence-electron chi connectivity index (χ4n) is 5.60. The van der Waals surface area contributed by atoms with Crippen LogP contribution in [0, 0.1) is 16.2 Å². The molecule has 0 aliphatic heterocycles. The second-order valence-corrected chi connectivity index (χ2v) is 20.8. The van der Waals surface area contributed by atoms with Crippen LogP contribution in [-0.2, 0) is 18.1 Å². The minimum absolute atomic E-state index is 0.0750. The normalized spacial score (nSPS) is 18.2. The number of phosphoric acid groups is 1. The summed E-state index contributed by atoms with van der Waals surface area (Å²) in [5.74, 6) is 0. The second-order valence-electron chi connectivity index (χ2n) is 19.2. The average molecular weight is 648 g/mol. The number of rotatable bonds is 15. The third kappa shape index (κ3) is 14.8. The first-order valence-electron chi connectivity index (χ1n) is 17.1. The van der Waals surface area contributed by atoms with Gasteiger partial charge in [-0.3, -0.25) is 28.3 Å². The van der Waals surface area contributed by atoms with Crippen molar-refractivity contribution in [1.29, 1.82) is 0 Å². The molecule has 0 bridgehead atoms. The Morgan fingerprint density at radius 3 is 0.750 bits per heavy atom. The molecule has 0 N–H and O–H groups in total.